The third kappa shape index (κ3) is 21.5. The number of halogens is 18. The molecule has 0 rings (SSSR count). The molecule has 1 unspecified atom stereocenters. The van der Waals surface area contributed by atoms with Gasteiger partial charge in [-0.2, -0.15) is 79.0 Å². The Morgan fingerprint density at radius 1 is 0.459 bits per heavy atom. The Morgan fingerprint density at radius 3 is 1.01 bits per heavy atom. The number of hydrogen-bond acceptors (Lipinski definition) is 15. The molecular formula is C41H52F18O15. The molecule has 33 heteroatoms. The number of rotatable bonds is 22. The van der Waals surface area contributed by atoms with E-state index in [0.29, 0.717) is 13.8 Å². The van der Waals surface area contributed by atoms with E-state index in [1.165, 1.54) is 20.8 Å². The van der Waals surface area contributed by atoms with Gasteiger partial charge in [-0.25, -0.2) is 14.4 Å². The molecule has 0 aliphatic heterocycles. The molecule has 0 radical (unpaired) electrons. The third-order valence-electron chi connectivity index (χ3n) is 8.90. The van der Waals surface area contributed by atoms with E-state index in [-0.39, 0.29) is 55.8 Å². The summed E-state index contributed by atoms with van der Waals surface area (Å²) in [5, 5.41) is 27.4. The largest absolute Gasteiger partial charge is 0.462 e. The van der Waals surface area contributed by atoms with E-state index in [4.69, 9.17) is 5.11 Å². The quantitative estimate of drug-likeness (QED) is 0.0304. The summed E-state index contributed by atoms with van der Waals surface area (Å²) in [6, 6.07) is 0. The van der Waals surface area contributed by atoms with E-state index in [9.17, 15) is 118 Å². The molecule has 15 nitrogen and oxygen atoms in total. The van der Waals surface area contributed by atoms with Crippen LogP contribution in [0.2, 0.25) is 0 Å². The highest BCUT2D eigenvalue weighted by molar-refractivity contribution is 5.87. The molecule has 0 fully saturated rings. The van der Waals surface area contributed by atoms with Crippen molar-refractivity contribution in [2.45, 2.75) is 153 Å². The summed E-state index contributed by atoms with van der Waals surface area (Å²) in [7, 11) is 0. The second-order valence-corrected chi connectivity index (χ2v) is 16.2. The fraction of sp³-hybridized carbons (Fsp3) is 0.707. The topological polar surface area (TPSA) is 218 Å². The lowest BCUT2D eigenvalue weighted by atomic mass is 9.84. The van der Waals surface area contributed by atoms with Crippen LogP contribution < -0.4 is 0 Å². The van der Waals surface area contributed by atoms with Gasteiger partial charge in [0, 0.05) is 36.0 Å². The molecule has 3 N–H and O–H groups in total. The van der Waals surface area contributed by atoms with Gasteiger partial charge >= 0.3 is 72.9 Å². The Labute approximate surface area is 408 Å². The van der Waals surface area contributed by atoms with Crippen molar-refractivity contribution in [2.75, 3.05) is 26.4 Å². The molecule has 74 heavy (non-hydrogen) atoms. The van der Waals surface area contributed by atoms with Crippen molar-refractivity contribution in [1.82, 2.24) is 0 Å². The van der Waals surface area contributed by atoms with Crippen molar-refractivity contribution in [2.24, 2.45) is 5.92 Å². The monoisotopic (exact) mass is 1130 g/mol. The SMILES string of the molecule is C=C(C)C(=O)OCCCC(=O)OC(C(C)C)C(O)(C(F)(F)F)C(F)(F)F.C=C(C)C(=O)OCCCC(=O)OC(C)(C)C(O)(C(F)(F)F)C(F)(F)F.C=C(C)C(=O)OCCCC(=O)OCC(O)(C(F)(F)F)C(F)(F)F. The average Bonchev–Trinajstić information content (AvgIpc) is 3.20. The number of hydrogen-bond donors (Lipinski definition) is 3. The Balaban J connectivity index is -0.00000102. The standard InChI is InChI=1S/C15H20F6O5.C14H18F6O5.C12H14F6O5/c1-8(2)11(13(24,14(16,17)18)15(19,20)21)26-10(22)6-5-7-25-12(23)9(3)4;1-8(2)10(22)24-7-5-6-9(21)25-11(3,4)12(23,13(15,16)17)14(18,19)20;1-7(2)9(20)22-5-3-4-8(19)23-6-10(21,11(13,14)15)12(16,17)18/h8,11,24H,3,5-7H2,1-2,4H3;23H,1,5-7H2,2-4H3;21H,1,3-6H2,2H3. The van der Waals surface area contributed by atoms with Gasteiger partial charge in [-0.15, -0.1) is 0 Å². The van der Waals surface area contributed by atoms with Crippen LogP contribution in [0.3, 0.4) is 0 Å². The summed E-state index contributed by atoms with van der Waals surface area (Å²) in [5.74, 6) is -8.02. The molecular weight excluding hydrogens is 1070 g/mol. The zero-order valence-electron chi connectivity index (χ0n) is 39.9. The van der Waals surface area contributed by atoms with Crippen molar-refractivity contribution in [1.29, 1.82) is 0 Å². The summed E-state index contributed by atoms with van der Waals surface area (Å²) >= 11 is 0. The van der Waals surface area contributed by atoms with Crippen LogP contribution in [0.1, 0.15) is 87.0 Å². The molecule has 0 aromatic carbocycles. The fourth-order valence-electron chi connectivity index (χ4n) is 4.74. The summed E-state index contributed by atoms with van der Waals surface area (Å²) in [6.07, 6.45) is -41.9. The number of carbonyl (C=O) groups excluding carboxylic acids is 6. The predicted octanol–water partition coefficient (Wildman–Crippen LogP) is 8.66. The number of esters is 6. The minimum absolute atomic E-state index is 0.0733. The molecule has 0 heterocycles. The van der Waals surface area contributed by atoms with E-state index in [0.717, 1.165) is 13.8 Å². The van der Waals surface area contributed by atoms with Gasteiger partial charge in [0.25, 0.3) is 16.8 Å². The summed E-state index contributed by atoms with van der Waals surface area (Å²) < 4.78 is 254. The summed E-state index contributed by atoms with van der Waals surface area (Å²) in [5.41, 5.74) is -18.7. The Bertz CT molecular complexity index is 1890. The Morgan fingerprint density at radius 2 is 0.757 bits per heavy atom. The second kappa shape index (κ2) is 28.0. The third-order valence-corrected chi connectivity index (χ3v) is 8.90. The Hall–Kier alpha value is -5.34. The lowest BCUT2D eigenvalue weighted by Gasteiger charge is -2.43. The molecule has 0 aromatic heterocycles. The first-order valence-electron chi connectivity index (χ1n) is 20.4. The first-order valence-corrected chi connectivity index (χ1v) is 20.4. The van der Waals surface area contributed by atoms with Crippen LogP contribution in [0.25, 0.3) is 0 Å². The zero-order chi connectivity index (χ0) is 59.7. The van der Waals surface area contributed by atoms with E-state index < -0.39 is 133 Å². The first kappa shape index (κ1) is 72.9. The predicted molar refractivity (Wildman–Crippen MR) is 212 cm³/mol. The van der Waals surface area contributed by atoms with Gasteiger partial charge in [0.2, 0.25) is 0 Å². The zero-order valence-corrected chi connectivity index (χ0v) is 39.9. The van der Waals surface area contributed by atoms with Crippen LogP contribution in [0.5, 0.6) is 0 Å². The minimum atomic E-state index is -6.13. The van der Waals surface area contributed by atoms with Crippen LogP contribution >= 0.6 is 0 Å². The van der Waals surface area contributed by atoms with Gasteiger partial charge in [-0.1, -0.05) is 33.6 Å². The number of aliphatic hydroxyl groups is 3. The maximum absolute atomic E-state index is 12.9. The second-order valence-electron chi connectivity index (χ2n) is 16.2. The van der Waals surface area contributed by atoms with Crippen LogP contribution in [0.15, 0.2) is 36.5 Å². The van der Waals surface area contributed by atoms with E-state index >= 15 is 0 Å². The summed E-state index contributed by atoms with van der Waals surface area (Å²) in [4.78, 5) is 67.3. The van der Waals surface area contributed by atoms with Gasteiger partial charge in [0.05, 0.1) is 19.8 Å². The van der Waals surface area contributed by atoms with Crippen LogP contribution in [-0.2, 0) is 57.2 Å². The highest BCUT2D eigenvalue weighted by atomic mass is 19.4. The average molecular weight is 1130 g/mol. The molecule has 0 amide bonds. The molecule has 1 atom stereocenters. The van der Waals surface area contributed by atoms with E-state index in [2.05, 4.69) is 48.2 Å². The lowest BCUT2D eigenvalue weighted by molar-refractivity contribution is -0.407. The molecule has 0 aliphatic carbocycles. The van der Waals surface area contributed by atoms with Gasteiger partial charge < -0.3 is 43.7 Å². The minimum Gasteiger partial charge on any atom is -0.462 e. The molecule has 0 saturated heterocycles. The molecule has 432 valence electrons. The first-order chi connectivity index (χ1) is 32.7. The molecule has 0 bridgehead atoms. The maximum Gasteiger partial charge on any atom is 0.430 e. The van der Waals surface area contributed by atoms with Crippen LogP contribution in [-0.4, -0.2) is 143 Å². The Kier molecular flexibility index (Phi) is 27.6. The summed E-state index contributed by atoms with van der Waals surface area (Å²) in [6.45, 7) is 13.1. The highest BCUT2D eigenvalue weighted by Gasteiger charge is 2.79. The van der Waals surface area contributed by atoms with Crippen LogP contribution in [0, 0.1) is 5.92 Å². The van der Waals surface area contributed by atoms with Crippen molar-refractivity contribution >= 4 is 35.8 Å². The highest BCUT2D eigenvalue weighted by Crippen LogP contribution is 2.51. The number of carbonyl (C=O) groups is 6. The number of ether oxygens (including phenoxy) is 6. The van der Waals surface area contributed by atoms with E-state index in [1.54, 1.807) is 0 Å². The molecule has 0 saturated carbocycles. The smallest absolute Gasteiger partial charge is 0.430 e. The number of alkyl halides is 18. The van der Waals surface area contributed by atoms with Gasteiger partial charge in [-0.3, -0.25) is 14.4 Å². The van der Waals surface area contributed by atoms with E-state index in [1.807, 2.05) is 0 Å². The van der Waals surface area contributed by atoms with Gasteiger partial charge in [0.15, 0.2) is 11.7 Å². The van der Waals surface area contributed by atoms with Crippen molar-refractivity contribution in [3.8, 4) is 0 Å². The van der Waals surface area contributed by atoms with Crippen molar-refractivity contribution in [3.63, 3.8) is 0 Å². The normalized spacial score (nSPS) is 13.4. The van der Waals surface area contributed by atoms with Gasteiger partial charge in [0.1, 0.15) is 6.61 Å². The van der Waals surface area contributed by atoms with Crippen molar-refractivity contribution < 1.29 is 152 Å². The molecule has 0 aliphatic rings. The fourth-order valence-corrected chi connectivity index (χ4v) is 4.74. The van der Waals surface area contributed by atoms with Crippen LogP contribution in [0.4, 0.5) is 79.0 Å². The maximum atomic E-state index is 12.9. The lowest BCUT2D eigenvalue weighted by Crippen LogP contribution is -2.69. The molecule has 0 aromatic rings. The van der Waals surface area contributed by atoms with Gasteiger partial charge in [-0.05, 0) is 59.8 Å². The molecule has 0 spiro atoms. The van der Waals surface area contributed by atoms with Crippen molar-refractivity contribution in [3.05, 3.63) is 36.5 Å².